The molecule has 4 aliphatic rings. The molecule has 5 rings (SSSR count). The molecular formula is C22H23N3O6. The minimum Gasteiger partial charge on any atom is -0.492 e. The van der Waals surface area contributed by atoms with Gasteiger partial charge in [0.1, 0.15) is 6.61 Å². The normalized spacial score (nSPS) is 33.3. The zero-order chi connectivity index (χ0) is 22.1. The number of hydrogen-bond acceptors (Lipinski definition) is 8. The second kappa shape index (κ2) is 6.66. The fourth-order valence-electron chi connectivity index (χ4n) is 5.46. The molecule has 0 radical (unpaired) electrons. The van der Waals surface area contributed by atoms with E-state index in [9.17, 15) is 19.5 Å². The van der Waals surface area contributed by atoms with Crippen LogP contribution in [0.1, 0.15) is 5.56 Å². The van der Waals surface area contributed by atoms with Crippen LogP contribution in [0.3, 0.4) is 0 Å². The van der Waals surface area contributed by atoms with Gasteiger partial charge in [-0.2, -0.15) is 0 Å². The number of allylic oxidation sites excluding steroid dienone is 2. The number of primary amides is 1. The molecule has 2 saturated heterocycles. The summed E-state index contributed by atoms with van der Waals surface area (Å²) in [6.45, 7) is 0.103. The number of hydrogen-bond donors (Lipinski definition) is 2. The van der Waals surface area contributed by atoms with E-state index in [1.165, 1.54) is 7.11 Å². The molecule has 2 fully saturated rings. The Kier molecular flexibility index (Phi) is 4.25. The van der Waals surface area contributed by atoms with Gasteiger partial charge in [-0.3, -0.25) is 14.5 Å². The van der Waals surface area contributed by atoms with Crippen LogP contribution in [-0.4, -0.2) is 77.7 Å². The van der Waals surface area contributed by atoms with E-state index in [-0.39, 0.29) is 53.5 Å². The molecule has 0 bridgehead atoms. The molecule has 31 heavy (non-hydrogen) atoms. The van der Waals surface area contributed by atoms with E-state index in [4.69, 9.17) is 15.2 Å². The number of carbonyl (C=O) groups is 3. The van der Waals surface area contributed by atoms with Crippen LogP contribution in [0.25, 0.3) is 0 Å². The number of fused-ring (bicyclic) bond motifs is 4. The first-order valence-electron chi connectivity index (χ1n) is 10.1. The summed E-state index contributed by atoms with van der Waals surface area (Å²) in [6.07, 6.45) is -0.780. The van der Waals surface area contributed by atoms with Crippen molar-refractivity contribution in [2.45, 2.75) is 24.2 Å². The number of methoxy groups -OCH3 is 1. The van der Waals surface area contributed by atoms with Crippen molar-refractivity contribution in [3.8, 4) is 0 Å². The predicted molar refractivity (Wildman–Crippen MR) is 107 cm³/mol. The number of likely N-dealkylation sites (N-methyl/N-ethyl adjacent to an activating group) is 1. The van der Waals surface area contributed by atoms with Crippen molar-refractivity contribution in [2.75, 3.05) is 27.3 Å². The summed E-state index contributed by atoms with van der Waals surface area (Å²) in [5, 5.41) is 11.7. The third-order valence-corrected chi connectivity index (χ3v) is 6.89. The monoisotopic (exact) mass is 425 g/mol. The van der Waals surface area contributed by atoms with Crippen molar-refractivity contribution in [2.24, 2.45) is 11.7 Å². The van der Waals surface area contributed by atoms with E-state index in [1.54, 1.807) is 4.90 Å². The van der Waals surface area contributed by atoms with Crippen molar-refractivity contribution >= 4 is 17.7 Å². The smallest absolute Gasteiger partial charge is 0.404 e. The Morgan fingerprint density at radius 2 is 1.97 bits per heavy atom. The van der Waals surface area contributed by atoms with Crippen LogP contribution in [0.4, 0.5) is 4.79 Å². The number of amides is 1. The molecule has 1 amide bonds. The highest BCUT2D eigenvalue weighted by Crippen LogP contribution is 2.57. The van der Waals surface area contributed by atoms with E-state index in [1.807, 2.05) is 42.3 Å². The van der Waals surface area contributed by atoms with Crippen LogP contribution in [-0.2, 0) is 25.5 Å². The van der Waals surface area contributed by atoms with Crippen LogP contribution < -0.4 is 5.73 Å². The van der Waals surface area contributed by atoms with Gasteiger partial charge in [-0.25, -0.2) is 4.79 Å². The molecule has 3 heterocycles. The zero-order valence-corrected chi connectivity index (χ0v) is 17.2. The lowest BCUT2D eigenvalue weighted by atomic mass is 9.82. The third-order valence-electron chi connectivity index (χ3n) is 6.89. The lowest BCUT2D eigenvalue weighted by molar-refractivity contribution is -0.126. The zero-order valence-electron chi connectivity index (χ0n) is 17.2. The number of carbonyl (C=O) groups excluding carboxylic acids is 3. The molecule has 1 aromatic rings. The quantitative estimate of drug-likeness (QED) is 0.497. The maximum absolute atomic E-state index is 13.7. The first-order valence-corrected chi connectivity index (χ1v) is 10.1. The summed E-state index contributed by atoms with van der Waals surface area (Å²) in [5.74, 6) is -1.76. The van der Waals surface area contributed by atoms with Crippen LogP contribution in [0.5, 0.6) is 0 Å². The minimum absolute atomic E-state index is 0.0397. The molecule has 1 aliphatic carbocycles. The van der Waals surface area contributed by atoms with Gasteiger partial charge < -0.3 is 25.2 Å². The average Bonchev–Trinajstić information content (AvgIpc) is 3.15. The molecule has 9 nitrogen and oxygen atoms in total. The highest BCUT2D eigenvalue weighted by molar-refractivity contribution is 6.25. The number of piperazine rings is 1. The lowest BCUT2D eigenvalue weighted by Gasteiger charge is -2.37. The molecule has 162 valence electrons. The van der Waals surface area contributed by atoms with Crippen molar-refractivity contribution in [1.82, 2.24) is 9.80 Å². The van der Waals surface area contributed by atoms with Gasteiger partial charge >= 0.3 is 6.09 Å². The number of benzene rings is 1. The maximum atomic E-state index is 13.7. The Bertz CT molecular complexity index is 1060. The summed E-state index contributed by atoms with van der Waals surface area (Å²) in [7, 11) is 3.22. The fourth-order valence-corrected chi connectivity index (χ4v) is 5.46. The van der Waals surface area contributed by atoms with E-state index in [0.717, 1.165) is 5.56 Å². The molecule has 1 aromatic carbocycles. The fraction of sp³-hybridized carbons (Fsp3) is 0.409. The largest absolute Gasteiger partial charge is 0.492 e. The number of Topliss-reactive ketones (excluding diaryl/α,β-unsaturated/α-hetero) is 2. The number of ether oxygens (including phenoxy) is 2. The number of ketones is 2. The van der Waals surface area contributed by atoms with Crippen molar-refractivity contribution in [3.63, 3.8) is 0 Å². The number of aliphatic hydroxyl groups is 1. The van der Waals surface area contributed by atoms with Crippen LogP contribution in [0, 0.1) is 5.92 Å². The molecular weight excluding hydrogens is 402 g/mol. The Hall–Kier alpha value is -3.17. The van der Waals surface area contributed by atoms with Crippen LogP contribution >= 0.6 is 0 Å². The number of rotatable bonds is 5. The van der Waals surface area contributed by atoms with Gasteiger partial charge in [-0.15, -0.1) is 0 Å². The average molecular weight is 425 g/mol. The molecule has 3 aliphatic heterocycles. The van der Waals surface area contributed by atoms with E-state index in [2.05, 4.69) is 0 Å². The van der Waals surface area contributed by atoms with Gasteiger partial charge in [-0.1, -0.05) is 30.3 Å². The molecule has 9 heteroatoms. The van der Waals surface area contributed by atoms with E-state index >= 15 is 0 Å². The van der Waals surface area contributed by atoms with Crippen LogP contribution in [0.2, 0.25) is 0 Å². The van der Waals surface area contributed by atoms with Gasteiger partial charge in [-0.05, 0) is 12.6 Å². The topological polar surface area (TPSA) is 122 Å². The number of nitrogens with zero attached hydrogens (tertiary/aromatic N) is 2. The van der Waals surface area contributed by atoms with Crippen LogP contribution in [0.15, 0.2) is 52.9 Å². The molecule has 0 spiro atoms. The highest BCUT2D eigenvalue weighted by atomic mass is 16.5. The minimum atomic E-state index is -1.54. The number of nitrogens with two attached hydrogens (primary N) is 1. The third kappa shape index (κ3) is 2.60. The summed E-state index contributed by atoms with van der Waals surface area (Å²) >= 11 is 0. The molecule has 0 saturated carbocycles. The Morgan fingerprint density at radius 1 is 1.26 bits per heavy atom. The second-order valence-electron chi connectivity index (χ2n) is 8.35. The summed E-state index contributed by atoms with van der Waals surface area (Å²) in [4.78, 5) is 42.0. The van der Waals surface area contributed by atoms with Gasteiger partial charge in [0.15, 0.2) is 11.5 Å². The first-order chi connectivity index (χ1) is 14.8. The Morgan fingerprint density at radius 3 is 2.61 bits per heavy atom. The van der Waals surface area contributed by atoms with Crippen molar-refractivity contribution in [3.05, 3.63) is 58.5 Å². The van der Waals surface area contributed by atoms with Gasteiger partial charge in [0.2, 0.25) is 11.6 Å². The van der Waals surface area contributed by atoms with Gasteiger partial charge in [0.05, 0.1) is 30.3 Å². The summed E-state index contributed by atoms with van der Waals surface area (Å²) < 4.78 is 10.4. The van der Waals surface area contributed by atoms with Crippen molar-refractivity contribution < 1.29 is 29.0 Å². The van der Waals surface area contributed by atoms with E-state index < -0.39 is 23.5 Å². The second-order valence-corrected chi connectivity index (χ2v) is 8.35. The first kappa shape index (κ1) is 19.8. The highest BCUT2D eigenvalue weighted by Gasteiger charge is 2.74. The predicted octanol–water partition coefficient (Wildman–Crippen LogP) is -0.0526. The van der Waals surface area contributed by atoms with Gasteiger partial charge in [0.25, 0.3) is 0 Å². The molecule has 5 atom stereocenters. The standard InChI is InChI=1S/C22H23N3O6/c1-24-14-9-25-16-15(13(10-31-21(23)28)22(25,29)20(14)24)18(27)19(30-2)12(17(16)26)8-11-6-4-3-5-7-11/h3-7,13-14,20,29H,8-10H2,1-2H3,(H2,23,28)/t13-,14-,20-,22+,24?/m0/s1. The molecule has 1 unspecified atom stereocenters. The Labute approximate surface area is 178 Å². The molecule has 3 N–H and O–H groups in total. The maximum Gasteiger partial charge on any atom is 0.404 e. The van der Waals surface area contributed by atoms with Crippen molar-refractivity contribution in [1.29, 1.82) is 0 Å². The SMILES string of the molecule is COC1=C(Cc2ccccc2)C(=O)C2=C(C1=O)[C@H](COC(N)=O)[C@@]1(O)[C@@H]3[C@H](CN21)N3C. The van der Waals surface area contributed by atoms with Gasteiger partial charge in [0, 0.05) is 24.6 Å². The molecule has 0 aromatic heterocycles. The summed E-state index contributed by atoms with van der Waals surface area (Å²) in [5.41, 5.74) is 5.03. The van der Waals surface area contributed by atoms with E-state index in [0.29, 0.717) is 6.54 Å². The Balaban J connectivity index is 1.58. The summed E-state index contributed by atoms with van der Waals surface area (Å²) in [6, 6.07) is 9.12. The lowest BCUT2D eigenvalue weighted by Crippen LogP contribution is -2.53.